The van der Waals surface area contributed by atoms with Crippen molar-refractivity contribution in [2.24, 2.45) is 17.6 Å². The lowest BCUT2D eigenvalue weighted by atomic mass is 9.58. The van der Waals surface area contributed by atoms with E-state index in [2.05, 4.69) is 0 Å². The maximum Gasteiger partial charge on any atom is 0.255 e. The predicted octanol–water partition coefficient (Wildman–Crippen LogP) is -0.0140. The van der Waals surface area contributed by atoms with E-state index in [0.717, 1.165) is 12.5 Å². The minimum absolute atomic E-state index is 0.0747. The van der Waals surface area contributed by atoms with Crippen molar-refractivity contribution in [1.29, 1.82) is 0 Å². The van der Waals surface area contributed by atoms with Crippen LogP contribution in [0.15, 0.2) is 28.7 Å². The SMILES string of the molecule is NC(=O)C1=C(O)[C@@H](N2CCC2)[C@@H]2C[C@@H]3Cc4c(F)cc(N)c(O)c4C(=O)C3=C(O)[C@]2(O)C1=O. The predicted molar refractivity (Wildman–Crippen MR) is 111 cm³/mol. The third-order valence-corrected chi connectivity index (χ3v) is 7.43. The molecule has 0 spiro atoms. The molecule has 1 aromatic rings. The maximum absolute atomic E-state index is 14.7. The lowest BCUT2D eigenvalue weighted by molar-refractivity contribution is -0.151. The molecule has 0 radical (unpaired) electrons. The number of halogens is 1. The number of carbonyl (C=O) groups excluding carboxylic acids is 3. The molecule has 0 saturated carbocycles. The molecule has 1 heterocycles. The van der Waals surface area contributed by atoms with E-state index in [1.54, 1.807) is 4.90 Å². The Morgan fingerprint density at radius 2 is 1.88 bits per heavy atom. The number of ketones is 2. The van der Waals surface area contributed by atoms with Crippen LogP contribution in [-0.4, -0.2) is 67.5 Å². The Balaban J connectivity index is 1.73. The number of hydrogen-bond acceptors (Lipinski definition) is 9. The molecule has 33 heavy (non-hydrogen) atoms. The molecule has 1 aromatic carbocycles. The first-order chi connectivity index (χ1) is 15.5. The first-order valence-electron chi connectivity index (χ1n) is 10.5. The molecule has 0 aromatic heterocycles. The highest BCUT2D eigenvalue weighted by Crippen LogP contribution is 2.53. The second kappa shape index (κ2) is 6.78. The zero-order chi connectivity index (χ0) is 24.0. The van der Waals surface area contributed by atoms with Crippen LogP contribution in [0, 0.1) is 17.7 Å². The van der Waals surface area contributed by atoms with Gasteiger partial charge in [-0.1, -0.05) is 0 Å². The lowest BCUT2D eigenvalue weighted by Crippen LogP contribution is -2.66. The second-order valence-electron chi connectivity index (χ2n) is 9.04. The average Bonchev–Trinajstić information content (AvgIpc) is 2.70. The first-order valence-corrected chi connectivity index (χ1v) is 10.5. The molecule has 11 heteroatoms. The molecule has 1 fully saturated rings. The van der Waals surface area contributed by atoms with Crippen molar-refractivity contribution in [3.63, 3.8) is 0 Å². The minimum Gasteiger partial charge on any atom is -0.510 e. The third-order valence-electron chi connectivity index (χ3n) is 7.43. The number of Topliss-reactive ketones (excluding diaryl/α,β-unsaturated/α-hetero) is 2. The molecule has 4 aliphatic rings. The van der Waals surface area contributed by atoms with Crippen LogP contribution >= 0.6 is 0 Å². The Kier molecular flexibility index (Phi) is 4.40. The normalized spacial score (nSPS) is 31.6. The molecule has 174 valence electrons. The van der Waals surface area contributed by atoms with Crippen molar-refractivity contribution in [2.75, 3.05) is 18.8 Å². The highest BCUT2D eigenvalue weighted by molar-refractivity contribution is 6.24. The Labute approximate surface area is 186 Å². The molecule has 1 amide bonds. The summed E-state index contributed by atoms with van der Waals surface area (Å²) in [5.74, 6) is -8.52. The van der Waals surface area contributed by atoms with Gasteiger partial charge in [-0.3, -0.25) is 19.3 Å². The van der Waals surface area contributed by atoms with Crippen molar-refractivity contribution in [3.8, 4) is 5.75 Å². The van der Waals surface area contributed by atoms with Crippen LogP contribution in [0.25, 0.3) is 0 Å². The molecule has 0 unspecified atom stereocenters. The monoisotopic (exact) mass is 459 g/mol. The molecule has 3 aliphatic carbocycles. The van der Waals surface area contributed by atoms with Gasteiger partial charge in [0, 0.05) is 36.2 Å². The number of aliphatic hydroxyl groups is 3. The van der Waals surface area contributed by atoms with E-state index in [0.29, 0.717) is 13.1 Å². The summed E-state index contributed by atoms with van der Waals surface area (Å²) in [5, 5.41) is 43.8. The van der Waals surface area contributed by atoms with Gasteiger partial charge in [-0.05, 0) is 25.2 Å². The number of phenols is 1. The number of carbonyl (C=O) groups is 3. The van der Waals surface area contributed by atoms with Gasteiger partial charge in [0.2, 0.25) is 5.78 Å². The zero-order valence-electron chi connectivity index (χ0n) is 17.3. The lowest BCUT2D eigenvalue weighted by Gasteiger charge is -2.52. The minimum atomic E-state index is -2.70. The maximum atomic E-state index is 14.7. The number of aliphatic hydroxyl groups excluding tert-OH is 2. The fourth-order valence-corrected chi connectivity index (χ4v) is 5.73. The van der Waals surface area contributed by atoms with Gasteiger partial charge in [0.1, 0.15) is 28.7 Å². The fraction of sp³-hybridized carbons (Fsp3) is 0.409. The van der Waals surface area contributed by atoms with Gasteiger partial charge < -0.3 is 31.9 Å². The fourth-order valence-electron chi connectivity index (χ4n) is 5.73. The Bertz CT molecular complexity index is 1220. The topological polar surface area (TPSA) is 187 Å². The van der Waals surface area contributed by atoms with Crippen molar-refractivity contribution in [2.45, 2.75) is 30.9 Å². The Morgan fingerprint density at radius 1 is 1.21 bits per heavy atom. The van der Waals surface area contributed by atoms with Gasteiger partial charge in [0.15, 0.2) is 11.4 Å². The van der Waals surface area contributed by atoms with Gasteiger partial charge >= 0.3 is 0 Å². The summed E-state index contributed by atoms with van der Waals surface area (Å²) in [7, 11) is 0. The number of aromatic hydroxyl groups is 1. The summed E-state index contributed by atoms with van der Waals surface area (Å²) in [6.07, 6.45) is 0.596. The number of amides is 1. The van der Waals surface area contributed by atoms with Gasteiger partial charge in [-0.15, -0.1) is 0 Å². The molecule has 1 aliphatic heterocycles. The molecule has 0 bridgehead atoms. The number of allylic oxidation sites excluding steroid dienone is 1. The van der Waals surface area contributed by atoms with E-state index in [1.807, 2.05) is 0 Å². The van der Waals surface area contributed by atoms with E-state index in [1.165, 1.54) is 0 Å². The van der Waals surface area contributed by atoms with Gasteiger partial charge in [-0.2, -0.15) is 0 Å². The van der Waals surface area contributed by atoms with Crippen LogP contribution in [-0.2, 0) is 16.0 Å². The molecule has 5 rings (SSSR count). The third kappa shape index (κ3) is 2.57. The average molecular weight is 459 g/mol. The largest absolute Gasteiger partial charge is 0.510 e. The number of phenolic OH excluding ortho intramolecular Hbond substituents is 1. The van der Waals surface area contributed by atoms with Crippen LogP contribution in [0.1, 0.15) is 28.8 Å². The van der Waals surface area contributed by atoms with Crippen LogP contribution in [0.5, 0.6) is 5.75 Å². The number of rotatable bonds is 2. The number of benzene rings is 1. The quantitative estimate of drug-likeness (QED) is 0.201. The van der Waals surface area contributed by atoms with E-state index >= 15 is 0 Å². The molecular weight excluding hydrogens is 437 g/mol. The highest BCUT2D eigenvalue weighted by Gasteiger charge is 2.64. The summed E-state index contributed by atoms with van der Waals surface area (Å²) >= 11 is 0. The van der Waals surface area contributed by atoms with Crippen molar-refractivity contribution >= 4 is 23.2 Å². The molecule has 1 saturated heterocycles. The summed E-state index contributed by atoms with van der Waals surface area (Å²) < 4.78 is 14.7. The van der Waals surface area contributed by atoms with Gasteiger partial charge in [0.05, 0.1) is 17.3 Å². The Hall–Kier alpha value is -3.44. The number of nitrogen functional groups attached to an aromatic ring is 1. The molecule has 8 N–H and O–H groups in total. The number of nitrogens with zero attached hydrogens (tertiary/aromatic N) is 1. The molecule has 10 nitrogen and oxygen atoms in total. The van der Waals surface area contributed by atoms with Crippen LogP contribution in [0.3, 0.4) is 0 Å². The van der Waals surface area contributed by atoms with E-state index in [9.17, 15) is 39.2 Å². The number of likely N-dealkylation sites (tertiary alicyclic amines) is 1. The van der Waals surface area contributed by atoms with E-state index in [4.69, 9.17) is 11.5 Å². The number of anilines is 1. The first kappa shape index (κ1) is 21.4. The van der Waals surface area contributed by atoms with Crippen molar-refractivity contribution < 1.29 is 39.2 Å². The molecule has 4 atom stereocenters. The highest BCUT2D eigenvalue weighted by atomic mass is 19.1. The second-order valence-corrected chi connectivity index (χ2v) is 9.04. The van der Waals surface area contributed by atoms with E-state index in [-0.39, 0.29) is 29.7 Å². The smallest absolute Gasteiger partial charge is 0.255 e. The number of fused-ring (bicyclic) bond motifs is 3. The van der Waals surface area contributed by atoms with Crippen LogP contribution < -0.4 is 11.5 Å². The van der Waals surface area contributed by atoms with Gasteiger partial charge in [0.25, 0.3) is 5.91 Å². The summed E-state index contributed by atoms with van der Waals surface area (Å²) in [6.45, 7) is 1.01. The molecular formula is C22H22FN3O7. The zero-order valence-corrected chi connectivity index (χ0v) is 17.3. The van der Waals surface area contributed by atoms with Gasteiger partial charge in [-0.25, -0.2) is 4.39 Å². The number of nitrogens with two attached hydrogens (primary N) is 2. The number of primary amides is 1. The number of hydrogen-bond donors (Lipinski definition) is 6. The summed E-state index contributed by atoms with van der Waals surface area (Å²) in [4.78, 5) is 40.2. The van der Waals surface area contributed by atoms with Crippen molar-refractivity contribution in [1.82, 2.24) is 4.90 Å². The standard InChI is InChI=1S/C22H22FN3O7/c23-10-6-11(24)16(27)13-8(10)4-7-5-9-15(26-2-1-3-26)18(29)14(21(25)32)20(31)22(9,33)19(30)12(7)17(13)28/h6-7,9,15,27,29-30,33H,1-5,24H2,(H2,25,32)/t7-,9-,15-,22-/m0/s1. The van der Waals surface area contributed by atoms with Crippen LogP contribution in [0.4, 0.5) is 10.1 Å². The summed E-state index contributed by atoms with van der Waals surface area (Å²) in [5.41, 5.74) is 6.10. The van der Waals surface area contributed by atoms with E-state index < -0.39 is 75.2 Å². The Morgan fingerprint density at radius 3 is 2.45 bits per heavy atom. The van der Waals surface area contributed by atoms with Crippen molar-refractivity contribution in [3.05, 3.63) is 45.7 Å². The van der Waals surface area contributed by atoms with Crippen LogP contribution in [0.2, 0.25) is 0 Å². The summed E-state index contributed by atoms with van der Waals surface area (Å²) in [6, 6.07) is -0.107.